The normalized spacial score (nSPS) is 19.2. The molecule has 1 saturated heterocycles. The Balaban J connectivity index is 1.63. The first-order valence-corrected chi connectivity index (χ1v) is 9.11. The number of likely N-dealkylation sites (tertiary alicyclic amines) is 1. The Bertz CT molecular complexity index is 640. The molecule has 0 aromatic heterocycles. The molecule has 5 heteroatoms. The average molecular weight is 341 g/mol. The second-order valence-corrected chi connectivity index (χ2v) is 6.79. The SMILES string of the molecule is CN1CCC=C(/C(CCN2CCCC2=O)=N\OCc2ccccc2)C1. The van der Waals surface area contributed by atoms with Crippen LogP contribution in [0.1, 0.15) is 31.2 Å². The molecule has 5 nitrogen and oxygen atoms in total. The van der Waals surface area contributed by atoms with E-state index in [2.05, 4.69) is 23.2 Å². The largest absolute Gasteiger partial charge is 0.391 e. The average Bonchev–Trinajstić information content (AvgIpc) is 3.04. The monoisotopic (exact) mass is 341 g/mol. The Morgan fingerprint density at radius 1 is 1.24 bits per heavy atom. The quantitative estimate of drug-likeness (QED) is 0.566. The first-order valence-electron chi connectivity index (χ1n) is 9.11. The summed E-state index contributed by atoms with van der Waals surface area (Å²) in [7, 11) is 2.12. The van der Waals surface area contributed by atoms with Crippen LogP contribution in [0.15, 0.2) is 47.1 Å². The van der Waals surface area contributed by atoms with Crippen LogP contribution in [0.5, 0.6) is 0 Å². The van der Waals surface area contributed by atoms with Crippen molar-refractivity contribution in [2.45, 2.75) is 32.3 Å². The maximum atomic E-state index is 11.8. The minimum Gasteiger partial charge on any atom is -0.391 e. The van der Waals surface area contributed by atoms with Gasteiger partial charge in [-0.15, -0.1) is 0 Å². The fraction of sp³-hybridized carbons (Fsp3) is 0.500. The summed E-state index contributed by atoms with van der Waals surface area (Å²) in [5, 5.41) is 4.45. The molecular weight excluding hydrogens is 314 g/mol. The fourth-order valence-corrected chi connectivity index (χ4v) is 3.31. The first kappa shape index (κ1) is 17.7. The van der Waals surface area contributed by atoms with Crippen LogP contribution in [0, 0.1) is 0 Å². The third kappa shape index (κ3) is 5.16. The molecule has 1 aromatic rings. The van der Waals surface area contributed by atoms with E-state index in [-0.39, 0.29) is 5.91 Å². The number of benzene rings is 1. The number of hydrogen-bond acceptors (Lipinski definition) is 4. The molecule has 1 amide bonds. The van der Waals surface area contributed by atoms with Crippen molar-refractivity contribution in [2.75, 3.05) is 33.2 Å². The van der Waals surface area contributed by atoms with Crippen LogP contribution in [0.25, 0.3) is 0 Å². The lowest BCUT2D eigenvalue weighted by molar-refractivity contribution is -0.127. The summed E-state index contributed by atoms with van der Waals surface area (Å²) in [4.78, 5) is 21.7. The van der Waals surface area contributed by atoms with Crippen LogP contribution in [0.2, 0.25) is 0 Å². The number of carbonyl (C=O) groups is 1. The van der Waals surface area contributed by atoms with E-state index >= 15 is 0 Å². The van der Waals surface area contributed by atoms with Gasteiger partial charge < -0.3 is 14.6 Å². The molecule has 1 fully saturated rings. The van der Waals surface area contributed by atoms with Gasteiger partial charge in [0.25, 0.3) is 0 Å². The second-order valence-electron chi connectivity index (χ2n) is 6.79. The molecule has 0 bridgehead atoms. The van der Waals surface area contributed by atoms with Crippen molar-refractivity contribution >= 4 is 11.6 Å². The zero-order valence-corrected chi connectivity index (χ0v) is 15.0. The molecule has 1 aromatic carbocycles. The predicted octanol–water partition coefficient (Wildman–Crippen LogP) is 2.83. The molecule has 25 heavy (non-hydrogen) atoms. The topological polar surface area (TPSA) is 45.1 Å². The molecule has 0 unspecified atom stereocenters. The summed E-state index contributed by atoms with van der Waals surface area (Å²) in [6.45, 7) is 4.03. The Hall–Kier alpha value is -2.14. The van der Waals surface area contributed by atoms with Crippen LogP contribution in [0.3, 0.4) is 0 Å². The first-order chi connectivity index (χ1) is 12.2. The molecule has 3 rings (SSSR count). The van der Waals surface area contributed by atoms with Gasteiger partial charge in [0.1, 0.15) is 6.61 Å². The zero-order chi connectivity index (χ0) is 17.5. The lowest BCUT2D eigenvalue weighted by atomic mass is 10.0. The van der Waals surface area contributed by atoms with Crippen LogP contribution >= 0.6 is 0 Å². The van der Waals surface area contributed by atoms with Crippen molar-refractivity contribution in [3.8, 4) is 0 Å². The number of rotatable bonds is 7. The van der Waals surface area contributed by atoms with E-state index < -0.39 is 0 Å². The number of hydrogen-bond donors (Lipinski definition) is 0. The van der Waals surface area contributed by atoms with E-state index in [9.17, 15) is 4.79 Å². The van der Waals surface area contributed by atoms with E-state index in [1.54, 1.807) is 0 Å². The van der Waals surface area contributed by atoms with Crippen molar-refractivity contribution < 1.29 is 9.63 Å². The minimum atomic E-state index is 0.263. The van der Waals surface area contributed by atoms with Gasteiger partial charge in [-0.05, 0) is 31.0 Å². The fourth-order valence-electron chi connectivity index (χ4n) is 3.31. The molecule has 2 heterocycles. The Morgan fingerprint density at radius 3 is 2.80 bits per heavy atom. The van der Waals surface area contributed by atoms with E-state index in [1.807, 2.05) is 35.2 Å². The summed E-state index contributed by atoms with van der Waals surface area (Å²) in [6.07, 6.45) is 5.70. The highest BCUT2D eigenvalue weighted by molar-refractivity contribution is 6.00. The summed E-state index contributed by atoms with van der Waals surface area (Å²) >= 11 is 0. The van der Waals surface area contributed by atoms with Crippen molar-refractivity contribution in [1.82, 2.24) is 9.80 Å². The molecule has 0 N–H and O–H groups in total. The van der Waals surface area contributed by atoms with Crippen LogP contribution in [-0.2, 0) is 16.2 Å². The molecule has 0 aliphatic carbocycles. The summed E-state index contributed by atoms with van der Waals surface area (Å²) in [5.74, 6) is 0.263. The maximum absolute atomic E-state index is 11.8. The summed E-state index contributed by atoms with van der Waals surface area (Å²) in [5.41, 5.74) is 3.31. The molecule has 134 valence electrons. The molecular formula is C20H27N3O2. The Kier molecular flexibility index (Phi) is 6.23. The van der Waals surface area contributed by atoms with Gasteiger partial charge in [0.15, 0.2) is 0 Å². The molecule has 0 spiro atoms. The van der Waals surface area contributed by atoms with E-state index in [1.165, 1.54) is 5.57 Å². The predicted molar refractivity (Wildman–Crippen MR) is 99.3 cm³/mol. The highest BCUT2D eigenvalue weighted by atomic mass is 16.6. The van der Waals surface area contributed by atoms with Crippen molar-refractivity contribution in [3.05, 3.63) is 47.5 Å². The third-order valence-corrected chi connectivity index (χ3v) is 4.75. The summed E-state index contributed by atoms with van der Waals surface area (Å²) < 4.78 is 0. The Morgan fingerprint density at radius 2 is 2.08 bits per heavy atom. The summed E-state index contributed by atoms with van der Waals surface area (Å²) in [6, 6.07) is 10.1. The minimum absolute atomic E-state index is 0.263. The van der Waals surface area contributed by atoms with Crippen LogP contribution in [0.4, 0.5) is 0 Å². The molecule has 2 aliphatic heterocycles. The smallest absolute Gasteiger partial charge is 0.222 e. The molecule has 0 radical (unpaired) electrons. The van der Waals surface area contributed by atoms with Gasteiger partial charge in [-0.3, -0.25) is 4.79 Å². The van der Waals surface area contributed by atoms with Gasteiger partial charge >= 0.3 is 0 Å². The van der Waals surface area contributed by atoms with Crippen LogP contribution < -0.4 is 0 Å². The second kappa shape index (κ2) is 8.81. The van der Waals surface area contributed by atoms with Gasteiger partial charge in [0.2, 0.25) is 5.91 Å². The van der Waals surface area contributed by atoms with Crippen molar-refractivity contribution in [2.24, 2.45) is 5.16 Å². The maximum Gasteiger partial charge on any atom is 0.222 e. The van der Waals surface area contributed by atoms with Crippen molar-refractivity contribution in [1.29, 1.82) is 0 Å². The number of likely N-dealkylation sites (N-methyl/N-ethyl adjacent to an activating group) is 1. The van der Waals surface area contributed by atoms with Gasteiger partial charge in [-0.25, -0.2) is 0 Å². The number of amides is 1. The number of carbonyl (C=O) groups excluding carboxylic acids is 1. The number of nitrogens with zero attached hydrogens (tertiary/aromatic N) is 3. The van der Waals surface area contributed by atoms with Crippen LogP contribution in [-0.4, -0.2) is 54.6 Å². The number of oxime groups is 1. The van der Waals surface area contributed by atoms with E-state index in [4.69, 9.17) is 4.84 Å². The molecule has 0 saturated carbocycles. The van der Waals surface area contributed by atoms with Gasteiger partial charge in [-0.1, -0.05) is 41.6 Å². The zero-order valence-electron chi connectivity index (χ0n) is 15.0. The lowest BCUT2D eigenvalue weighted by Gasteiger charge is -2.24. The molecule has 0 atom stereocenters. The van der Waals surface area contributed by atoms with Gasteiger partial charge in [-0.2, -0.15) is 0 Å². The van der Waals surface area contributed by atoms with Gasteiger partial charge in [0.05, 0.1) is 5.71 Å². The third-order valence-electron chi connectivity index (χ3n) is 4.75. The lowest BCUT2D eigenvalue weighted by Crippen LogP contribution is -2.31. The van der Waals surface area contributed by atoms with Gasteiger partial charge in [0, 0.05) is 39.0 Å². The highest BCUT2D eigenvalue weighted by Crippen LogP contribution is 2.16. The van der Waals surface area contributed by atoms with E-state index in [0.29, 0.717) is 13.0 Å². The van der Waals surface area contributed by atoms with E-state index in [0.717, 1.165) is 56.7 Å². The Labute approximate surface area is 149 Å². The highest BCUT2D eigenvalue weighted by Gasteiger charge is 2.22. The van der Waals surface area contributed by atoms with Crippen molar-refractivity contribution in [3.63, 3.8) is 0 Å². The standard InChI is InChI=1S/C20H27N3O2/c1-22-12-5-9-18(15-22)19(11-14-23-13-6-10-20(23)24)21-25-16-17-7-3-2-4-8-17/h2-4,7-9H,5-6,10-16H2,1H3/b21-19-. The molecule has 2 aliphatic rings.